The molecule has 4 rings (SSSR count). The fourth-order valence-electron chi connectivity index (χ4n) is 2.76. The first-order valence-electron chi connectivity index (χ1n) is 8.83. The van der Waals surface area contributed by atoms with Crippen LogP contribution in [0.2, 0.25) is 0 Å². The smallest absolute Gasteiger partial charge is 0.363 e. The highest BCUT2D eigenvalue weighted by atomic mass is 79.9. The van der Waals surface area contributed by atoms with Crippen LogP contribution in [0.1, 0.15) is 16.7 Å². The van der Waals surface area contributed by atoms with Crippen LogP contribution in [-0.4, -0.2) is 11.9 Å². The normalized spacial score (nSPS) is 14.6. The van der Waals surface area contributed by atoms with Gasteiger partial charge in [-0.25, -0.2) is 9.79 Å². The zero-order chi connectivity index (χ0) is 20.2. The van der Waals surface area contributed by atoms with Crippen molar-refractivity contribution < 1.29 is 14.3 Å². The van der Waals surface area contributed by atoms with Crippen LogP contribution in [0, 0.1) is 0 Å². The summed E-state index contributed by atoms with van der Waals surface area (Å²) in [4.78, 5) is 16.6. The van der Waals surface area contributed by atoms with Gasteiger partial charge in [-0.1, -0.05) is 52.3 Å². The molecule has 0 aliphatic carbocycles. The van der Waals surface area contributed by atoms with Gasteiger partial charge in [-0.3, -0.25) is 0 Å². The molecule has 0 unspecified atom stereocenters. The highest BCUT2D eigenvalue weighted by Gasteiger charge is 2.25. The first-order valence-corrected chi connectivity index (χ1v) is 10.4. The summed E-state index contributed by atoms with van der Waals surface area (Å²) >= 11 is 6.87. The molecule has 0 saturated carbocycles. The molecule has 1 heterocycles. The molecule has 0 saturated heterocycles. The van der Waals surface area contributed by atoms with Crippen LogP contribution in [0.3, 0.4) is 0 Å². The van der Waals surface area contributed by atoms with Crippen molar-refractivity contribution in [2.45, 2.75) is 6.61 Å². The van der Waals surface area contributed by atoms with Crippen LogP contribution in [0.15, 0.2) is 92.4 Å². The molecular weight excluding hydrogens is 498 g/mol. The van der Waals surface area contributed by atoms with E-state index in [1.165, 1.54) is 0 Å². The van der Waals surface area contributed by atoms with Crippen LogP contribution >= 0.6 is 31.9 Å². The second kappa shape index (κ2) is 8.76. The van der Waals surface area contributed by atoms with Crippen molar-refractivity contribution in [3.8, 4) is 5.75 Å². The predicted octanol–water partition coefficient (Wildman–Crippen LogP) is 6.14. The van der Waals surface area contributed by atoms with Gasteiger partial charge in [-0.2, -0.15) is 0 Å². The lowest BCUT2D eigenvalue weighted by molar-refractivity contribution is -0.129. The van der Waals surface area contributed by atoms with E-state index in [4.69, 9.17) is 9.47 Å². The van der Waals surface area contributed by atoms with Crippen LogP contribution in [0.5, 0.6) is 5.75 Å². The molecule has 0 radical (unpaired) electrons. The van der Waals surface area contributed by atoms with Gasteiger partial charge in [0, 0.05) is 8.95 Å². The number of nitrogens with zero attached hydrogens (tertiary/aromatic N) is 1. The van der Waals surface area contributed by atoms with Crippen LogP contribution < -0.4 is 4.74 Å². The fourth-order valence-corrected chi connectivity index (χ4v) is 3.48. The lowest BCUT2D eigenvalue weighted by Crippen LogP contribution is -2.05. The zero-order valence-electron chi connectivity index (χ0n) is 15.1. The summed E-state index contributed by atoms with van der Waals surface area (Å²) in [5, 5.41) is 0. The Bertz CT molecular complexity index is 1120. The molecule has 3 aromatic carbocycles. The molecule has 0 bridgehead atoms. The molecule has 0 atom stereocenters. The highest BCUT2D eigenvalue weighted by molar-refractivity contribution is 9.10. The van der Waals surface area contributed by atoms with Gasteiger partial charge in [-0.15, -0.1) is 0 Å². The van der Waals surface area contributed by atoms with Crippen molar-refractivity contribution in [3.05, 3.63) is 104 Å². The van der Waals surface area contributed by atoms with Crippen molar-refractivity contribution >= 4 is 49.8 Å². The molecule has 0 spiro atoms. The summed E-state index contributed by atoms with van der Waals surface area (Å²) < 4.78 is 13.0. The average molecular weight is 513 g/mol. The van der Waals surface area contributed by atoms with E-state index in [2.05, 4.69) is 36.9 Å². The van der Waals surface area contributed by atoms with E-state index >= 15 is 0 Å². The third-order valence-electron chi connectivity index (χ3n) is 4.21. The quantitative estimate of drug-likeness (QED) is 0.305. The topological polar surface area (TPSA) is 47.9 Å². The molecule has 0 fully saturated rings. The van der Waals surface area contributed by atoms with Gasteiger partial charge in [0.05, 0.1) is 5.56 Å². The Labute approximate surface area is 185 Å². The Hall–Kier alpha value is -2.70. The minimum absolute atomic E-state index is 0.251. The Morgan fingerprint density at radius 2 is 1.76 bits per heavy atom. The molecule has 1 aliphatic rings. The van der Waals surface area contributed by atoms with Gasteiger partial charge in [0.2, 0.25) is 5.90 Å². The molecule has 144 valence electrons. The van der Waals surface area contributed by atoms with Crippen LogP contribution in [-0.2, 0) is 16.1 Å². The Morgan fingerprint density at radius 1 is 0.966 bits per heavy atom. The van der Waals surface area contributed by atoms with Crippen LogP contribution in [0.25, 0.3) is 6.08 Å². The van der Waals surface area contributed by atoms with Gasteiger partial charge in [0.1, 0.15) is 12.4 Å². The summed E-state index contributed by atoms with van der Waals surface area (Å²) in [6, 6.07) is 22.9. The monoisotopic (exact) mass is 511 g/mol. The van der Waals surface area contributed by atoms with Crippen molar-refractivity contribution in [2.24, 2.45) is 4.99 Å². The van der Waals surface area contributed by atoms with Gasteiger partial charge < -0.3 is 9.47 Å². The minimum Gasteiger partial charge on any atom is -0.489 e. The van der Waals surface area contributed by atoms with Gasteiger partial charge in [-0.05, 0) is 69.5 Å². The number of carbonyl (C=O) groups is 1. The molecule has 0 aromatic heterocycles. The maximum Gasteiger partial charge on any atom is 0.363 e. The SMILES string of the molecule is O=C1OC(c2ccccc2Br)=N/C1=C\c1cccc(OCc2ccc(Br)cc2)c1. The van der Waals surface area contributed by atoms with Crippen molar-refractivity contribution in [1.82, 2.24) is 0 Å². The van der Waals surface area contributed by atoms with Crippen LogP contribution in [0.4, 0.5) is 0 Å². The standard InChI is InChI=1S/C23H15Br2NO3/c24-17-10-8-15(9-11-17)14-28-18-5-3-4-16(12-18)13-21-23(27)29-22(26-21)19-6-1-2-7-20(19)25/h1-13H,14H2/b21-13-. The summed E-state index contributed by atoms with van der Waals surface area (Å²) in [5.74, 6) is 0.525. The Morgan fingerprint density at radius 3 is 2.55 bits per heavy atom. The lowest BCUT2D eigenvalue weighted by Gasteiger charge is -2.07. The number of esters is 1. The van der Waals surface area contributed by atoms with Crippen molar-refractivity contribution in [1.29, 1.82) is 0 Å². The van der Waals surface area contributed by atoms with E-state index in [0.29, 0.717) is 12.4 Å². The van der Waals surface area contributed by atoms with E-state index in [9.17, 15) is 4.79 Å². The number of aliphatic imine (C=N–C) groups is 1. The van der Waals surface area contributed by atoms with Gasteiger partial charge in [0.15, 0.2) is 5.70 Å². The number of benzene rings is 3. The first kappa shape index (κ1) is 19.6. The minimum atomic E-state index is -0.475. The number of rotatable bonds is 5. The summed E-state index contributed by atoms with van der Waals surface area (Å²) in [6.07, 6.45) is 1.69. The number of ether oxygens (including phenoxy) is 2. The molecule has 0 amide bonds. The van der Waals surface area contributed by atoms with Gasteiger partial charge >= 0.3 is 5.97 Å². The van der Waals surface area contributed by atoms with E-state index < -0.39 is 5.97 Å². The van der Waals surface area contributed by atoms with Crippen molar-refractivity contribution in [3.63, 3.8) is 0 Å². The van der Waals surface area contributed by atoms with E-state index in [-0.39, 0.29) is 11.6 Å². The van der Waals surface area contributed by atoms with Crippen molar-refractivity contribution in [2.75, 3.05) is 0 Å². The number of hydrogen-bond acceptors (Lipinski definition) is 4. The number of halogens is 2. The maximum atomic E-state index is 12.2. The number of cyclic esters (lactones) is 1. The zero-order valence-corrected chi connectivity index (χ0v) is 18.3. The summed E-state index contributed by atoms with van der Waals surface area (Å²) in [6.45, 7) is 0.458. The van der Waals surface area contributed by atoms with E-state index in [1.54, 1.807) is 6.08 Å². The largest absolute Gasteiger partial charge is 0.489 e. The molecule has 29 heavy (non-hydrogen) atoms. The molecule has 3 aromatic rings. The molecule has 0 N–H and O–H groups in total. The molecule has 4 nitrogen and oxygen atoms in total. The van der Waals surface area contributed by atoms with Gasteiger partial charge in [0.25, 0.3) is 0 Å². The summed E-state index contributed by atoms with van der Waals surface area (Å²) in [7, 11) is 0. The molecule has 1 aliphatic heterocycles. The Kier molecular flexibility index (Phi) is 5.92. The van der Waals surface area contributed by atoms with E-state index in [0.717, 1.165) is 25.6 Å². The molecule has 6 heteroatoms. The lowest BCUT2D eigenvalue weighted by atomic mass is 10.2. The fraction of sp³-hybridized carbons (Fsp3) is 0.0435. The average Bonchev–Trinajstić information content (AvgIpc) is 3.08. The second-order valence-electron chi connectivity index (χ2n) is 6.30. The second-order valence-corrected chi connectivity index (χ2v) is 8.07. The highest BCUT2D eigenvalue weighted by Crippen LogP contribution is 2.25. The molecular formula is C23H15Br2NO3. The first-order chi connectivity index (χ1) is 14.1. The third kappa shape index (κ3) is 4.83. The summed E-state index contributed by atoms with van der Waals surface area (Å²) in [5.41, 5.74) is 2.86. The number of carbonyl (C=O) groups excluding carboxylic acids is 1. The Balaban J connectivity index is 1.52. The number of hydrogen-bond donors (Lipinski definition) is 0. The maximum absolute atomic E-state index is 12.2. The predicted molar refractivity (Wildman–Crippen MR) is 120 cm³/mol. The van der Waals surface area contributed by atoms with E-state index in [1.807, 2.05) is 72.8 Å². The third-order valence-corrected chi connectivity index (χ3v) is 5.43.